The number of rotatable bonds is 6. The Morgan fingerprint density at radius 2 is 1.92 bits per heavy atom. The highest BCUT2D eigenvalue weighted by atomic mass is 32.2. The molecule has 0 unspecified atom stereocenters. The van der Waals surface area contributed by atoms with Crippen LogP contribution in [0, 0.1) is 13.8 Å². The summed E-state index contributed by atoms with van der Waals surface area (Å²) in [4.78, 5) is 33.6. The van der Waals surface area contributed by atoms with E-state index in [2.05, 4.69) is 0 Å². The van der Waals surface area contributed by atoms with E-state index in [0.717, 1.165) is 15.3 Å². The number of nitrogens with zero attached hydrogens (tertiary/aromatic N) is 3. The van der Waals surface area contributed by atoms with Gasteiger partial charge in [-0.1, -0.05) is 11.8 Å². The molecule has 0 saturated heterocycles. The molecule has 0 radical (unpaired) electrons. The molecule has 0 aliphatic carbocycles. The van der Waals surface area contributed by atoms with Crippen molar-refractivity contribution < 1.29 is 4.79 Å². The summed E-state index contributed by atoms with van der Waals surface area (Å²) in [5, 5.41) is 1.34. The third-order valence-corrected chi connectivity index (χ3v) is 6.20. The highest BCUT2D eigenvalue weighted by Crippen LogP contribution is 2.29. The molecule has 0 atom stereocenters. The maximum absolute atomic E-state index is 12.9. The van der Waals surface area contributed by atoms with E-state index in [-0.39, 0.29) is 17.5 Å². The summed E-state index contributed by atoms with van der Waals surface area (Å²) < 4.78 is 1.71. The molecule has 132 valence electrons. The maximum atomic E-state index is 12.9. The van der Waals surface area contributed by atoms with E-state index in [0.29, 0.717) is 29.4 Å². The molecule has 0 bridgehead atoms. The van der Waals surface area contributed by atoms with Crippen molar-refractivity contribution in [2.24, 2.45) is 0 Å². The van der Waals surface area contributed by atoms with Crippen LogP contribution in [0.1, 0.15) is 44.2 Å². The minimum absolute atomic E-state index is 0.0000570. The van der Waals surface area contributed by atoms with Gasteiger partial charge in [0.25, 0.3) is 5.56 Å². The van der Waals surface area contributed by atoms with Gasteiger partial charge in [0.2, 0.25) is 5.91 Å². The number of thioether (sulfide) groups is 1. The maximum Gasteiger partial charge on any atom is 0.263 e. The largest absolute Gasteiger partial charge is 0.343 e. The second-order valence-corrected chi connectivity index (χ2v) is 8.13. The fourth-order valence-corrected chi connectivity index (χ4v) is 4.74. The van der Waals surface area contributed by atoms with Gasteiger partial charge in [-0.3, -0.25) is 14.2 Å². The van der Waals surface area contributed by atoms with Crippen LogP contribution in [0.2, 0.25) is 0 Å². The number of aryl methyl sites for hydroxylation is 2. The van der Waals surface area contributed by atoms with Crippen LogP contribution in [0.4, 0.5) is 0 Å². The lowest BCUT2D eigenvalue weighted by Crippen LogP contribution is -2.32. The zero-order valence-electron chi connectivity index (χ0n) is 15.2. The fraction of sp³-hybridized carbons (Fsp3) is 0.588. The molecular formula is C17H25N3O2S2. The average molecular weight is 368 g/mol. The predicted octanol–water partition coefficient (Wildman–Crippen LogP) is 3.62. The van der Waals surface area contributed by atoms with Crippen LogP contribution < -0.4 is 5.56 Å². The first-order valence-electron chi connectivity index (χ1n) is 8.24. The first kappa shape index (κ1) is 19.0. The third-order valence-electron chi connectivity index (χ3n) is 4.16. The van der Waals surface area contributed by atoms with Gasteiger partial charge in [0.05, 0.1) is 11.1 Å². The van der Waals surface area contributed by atoms with Gasteiger partial charge in [-0.25, -0.2) is 4.98 Å². The Balaban J connectivity index is 2.44. The lowest BCUT2D eigenvalue weighted by atomic mass is 10.2. The topological polar surface area (TPSA) is 55.2 Å². The summed E-state index contributed by atoms with van der Waals surface area (Å²) in [6, 6.07) is 0.0000570. The molecule has 24 heavy (non-hydrogen) atoms. The Morgan fingerprint density at radius 1 is 1.29 bits per heavy atom. The SMILES string of the molecule is CCN(CC)C(=O)CSc1nc2sc(C)c(C)c2c(=O)n1C(C)C. The molecule has 0 aliphatic rings. The molecule has 2 aromatic heterocycles. The number of amides is 1. The van der Waals surface area contributed by atoms with Crippen molar-refractivity contribution in [1.82, 2.24) is 14.5 Å². The molecule has 0 aliphatic heterocycles. The number of carbonyl (C=O) groups is 1. The fourth-order valence-electron chi connectivity index (χ4n) is 2.64. The van der Waals surface area contributed by atoms with Crippen molar-refractivity contribution >= 4 is 39.2 Å². The lowest BCUT2D eigenvalue weighted by Gasteiger charge is -2.19. The third kappa shape index (κ3) is 3.52. The number of thiophene rings is 1. The van der Waals surface area contributed by atoms with E-state index in [9.17, 15) is 9.59 Å². The van der Waals surface area contributed by atoms with Gasteiger partial charge in [-0.2, -0.15) is 0 Å². The Labute approximate surface area is 151 Å². The highest BCUT2D eigenvalue weighted by molar-refractivity contribution is 7.99. The Hall–Kier alpha value is -1.34. The average Bonchev–Trinajstić information content (AvgIpc) is 2.80. The number of hydrogen-bond donors (Lipinski definition) is 0. The van der Waals surface area contributed by atoms with Crippen molar-refractivity contribution in [2.45, 2.75) is 52.7 Å². The first-order valence-corrected chi connectivity index (χ1v) is 10.0. The smallest absolute Gasteiger partial charge is 0.263 e. The van der Waals surface area contributed by atoms with E-state index < -0.39 is 0 Å². The van der Waals surface area contributed by atoms with Gasteiger partial charge >= 0.3 is 0 Å². The molecule has 0 N–H and O–H groups in total. The number of hydrogen-bond acceptors (Lipinski definition) is 5. The lowest BCUT2D eigenvalue weighted by molar-refractivity contribution is -0.127. The minimum Gasteiger partial charge on any atom is -0.343 e. The summed E-state index contributed by atoms with van der Waals surface area (Å²) >= 11 is 2.90. The summed E-state index contributed by atoms with van der Waals surface area (Å²) in [6.07, 6.45) is 0. The van der Waals surface area contributed by atoms with E-state index in [1.165, 1.54) is 11.8 Å². The van der Waals surface area contributed by atoms with Crippen LogP contribution in [0.25, 0.3) is 10.2 Å². The van der Waals surface area contributed by atoms with Gasteiger partial charge in [0, 0.05) is 24.0 Å². The molecule has 0 aromatic carbocycles. The predicted molar refractivity (Wildman–Crippen MR) is 102 cm³/mol. The van der Waals surface area contributed by atoms with Gasteiger partial charge in [-0.15, -0.1) is 11.3 Å². The van der Waals surface area contributed by atoms with Crippen molar-refractivity contribution in [3.8, 4) is 0 Å². The van der Waals surface area contributed by atoms with Crippen molar-refractivity contribution in [3.05, 3.63) is 20.8 Å². The van der Waals surface area contributed by atoms with Crippen molar-refractivity contribution in [2.75, 3.05) is 18.8 Å². The standard InChI is InChI=1S/C17H25N3O2S2/c1-7-19(8-2)13(21)9-23-17-18-15-14(11(5)12(6)24-15)16(22)20(17)10(3)4/h10H,7-9H2,1-6H3. The number of carbonyl (C=O) groups excluding carboxylic acids is 1. The Morgan fingerprint density at radius 3 is 2.46 bits per heavy atom. The molecule has 2 heterocycles. The molecule has 0 fully saturated rings. The van der Waals surface area contributed by atoms with Crippen LogP contribution in [-0.4, -0.2) is 39.2 Å². The molecule has 5 nitrogen and oxygen atoms in total. The van der Waals surface area contributed by atoms with Gasteiger partial charge in [0.15, 0.2) is 5.16 Å². The number of fused-ring (bicyclic) bond motifs is 1. The first-order chi connectivity index (χ1) is 11.3. The monoisotopic (exact) mass is 367 g/mol. The summed E-state index contributed by atoms with van der Waals surface area (Å²) in [5.74, 6) is 0.378. The molecule has 2 aromatic rings. The quantitative estimate of drug-likeness (QED) is 0.578. The Bertz CT molecular complexity index is 804. The van der Waals surface area contributed by atoms with Crippen LogP contribution in [0.3, 0.4) is 0 Å². The van der Waals surface area contributed by atoms with Crippen LogP contribution in [-0.2, 0) is 4.79 Å². The molecular weight excluding hydrogens is 342 g/mol. The van der Waals surface area contributed by atoms with E-state index in [4.69, 9.17) is 4.98 Å². The van der Waals surface area contributed by atoms with E-state index >= 15 is 0 Å². The van der Waals surface area contributed by atoms with E-state index in [1.54, 1.807) is 20.8 Å². The van der Waals surface area contributed by atoms with E-state index in [1.807, 2.05) is 41.5 Å². The second kappa shape index (κ2) is 7.70. The van der Waals surface area contributed by atoms with Crippen molar-refractivity contribution in [1.29, 1.82) is 0 Å². The summed E-state index contributed by atoms with van der Waals surface area (Å²) in [6.45, 7) is 13.3. The summed E-state index contributed by atoms with van der Waals surface area (Å²) in [5.41, 5.74) is 1.01. The van der Waals surface area contributed by atoms with Crippen molar-refractivity contribution in [3.63, 3.8) is 0 Å². The van der Waals surface area contributed by atoms with Crippen LogP contribution in [0.5, 0.6) is 0 Å². The van der Waals surface area contributed by atoms with Gasteiger partial charge in [0.1, 0.15) is 4.83 Å². The normalized spacial score (nSPS) is 11.5. The molecule has 1 amide bonds. The van der Waals surface area contributed by atoms with Gasteiger partial charge in [-0.05, 0) is 47.1 Å². The number of aromatic nitrogens is 2. The molecule has 0 spiro atoms. The van der Waals surface area contributed by atoms with Crippen LogP contribution >= 0.6 is 23.1 Å². The Kier molecular flexibility index (Phi) is 6.09. The van der Waals surface area contributed by atoms with Gasteiger partial charge < -0.3 is 4.90 Å². The molecule has 0 saturated carbocycles. The minimum atomic E-state index is -0.00496. The zero-order valence-corrected chi connectivity index (χ0v) is 16.8. The second-order valence-electron chi connectivity index (χ2n) is 5.98. The summed E-state index contributed by atoms with van der Waals surface area (Å²) in [7, 11) is 0. The molecule has 2 rings (SSSR count). The molecule has 7 heteroatoms. The zero-order chi connectivity index (χ0) is 18.0. The highest BCUT2D eigenvalue weighted by Gasteiger charge is 2.19. The van der Waals surface area contributed by atoms with Crippen LogP contribution in [0.15, 0.2) is 9.95 Å².